The molecule has 0 N–H and O–H groups in total. The molecule has 0 aliphatic carbocycles. The van der Waals surface area contributed by atoms with Crippen LogP contribution in [0.25, 0.3) is 0 Å². The molecule has 0 spiro atoms. The summed E-state index contributed by atoms with van der Waals surface area (Å²) in [6.45, 7) is 0.780. The molecule has 0 aliphatic heterocycles. The van der Waals surface area contributed by atoms with Crippen molar-refractivity contribution in [2.45, 2.75) is 19.0 Å². The van der Waals surface area contributed by atoms with E-state index in [4.69, 9.17) is 0 Å². The Morgan fingerprint density at radius 1 is 1.42 bits per heavy atom. The van der Waals surface area contributed by atoms with Crippen LogP contribution in [0.2, 0.25) is 12.6 Å². The van der Waals surface area contributed by atoms with E-state index in [0.29, 0.717) is 0 Å². The van der Waals surface area contributed by atoms with Gasteiger partial charge in [-0.05, 0) is 13.0 Å². The zero-order valence-corrected chi connectivity index (χ0v) is 8.83. The van der Waals surface area contributed by atoms with Crippen LogP contribution in [0.1, 0.15) is 6.42 Å². The molecule has 0 aromatic heterocycles. The highest BCUT2D eigenvalue weighted by Crippen LogP contribution is 2.14. The second kappa shape index (κ2) is 4.29. The zero-order chi connectivity index (χ0) is 9.83. The lowest BCUT2D eigenvalue weighted by atomic mass is 10.5. The summed E-state index contributed by atoms with van der Waals surface area (Å²) < 4.78 is 49.6. The molecule has 0 heterocycles. The van der Waals surface area contributed by atoms with Gasteiger partial charge in [-0.1, -0.05) is 0 Å². The van der Waals surface area contributed by atoms with E-state index in [2.05, 4.69) is 4.18 Å². The van der Waals surface area contributed by atoms with Crippen molar-refractivity contribution >= 4 is 18.9 Å². The second-order valence-electron chi connectivity index (χ2n) is 2.70. The quantitative estimate of drug-likeness (QED) is 0.303. The van der Waals surface area contributed by atoms with Crippen molar-refractivity contribution in [3.8, 4) is 0 Å². The molecule has 0 saturated heterocycles. The van der Waals surface area contributed by atoms with Crippen molar-refractivity contribution in [2.24, 2.45) is 0 Å². The fourth-order valence-corrected chi connectivity index (χ4v) is 1.78. The molecule has 7 heteroatoms. The molecule has 0 fully saturated rings. The number of hydrogen-bond acceptors (Lipinski definition) is 3. The smallest absolute Gasteiger partial charge is 0.271 e. The van der Waals surface area contributed by atoms with Gasteiger partial charge < -0.3 is 0 Å². The molecule has 0 aromatic rings. The van der Waals surface area contributed by atoms with Gasteiger partial charge in [-0.15, -0.1) is 0 Å². The van der Waals surface area contributed by atoms with Gasteiger partial charge in [-0.3, -0.25) is 12.4 Å². The molecule has 0 aromatic carbocycles. The molecule has 0 amide bonds. The van der Waals surface area contributed by atoms with E-state index >= 15 is 0 Å². The first kappa shape index (κ1) is 12.0. The first-order valence-electron chi connectivity index (χ1n) is 3.43. The standard InChI is InChI=1S/C5H12F2O3SSi/c1-11(8,9)10-4-3-5-12(2,6)7/h3-5H2,1-2H3. The van der Waals surface area contributed by atoms with E-state index in [1.807, 2.05) is 0 Å². The fraction of sp³-hybridized carbons (Fsp3) is 1.00. The lowest BCUT2D eigenvalue weighted by Crippen LogP contribution is -2.17. The van der Waals surface area contributed by atoms with Crippen molar-refractivity contribution < 1.29 is 20.8 Å². The van der Waals surface area contributed by atoms with Crippen LogP contribution in [0.15, 0.2) is 0 Å². The minimum atomic E-state index is -4.03. The third-order valence-electron chi connectivity index (χ3n) is 1.06. The Labute approximate surface area is 72.2 Å². The first-order valence-corrected chi connectivity index (χ1v) is 7.71. The predicted octanol–water partition coefficient (Wildman–Crippen LogP) is 1.36. The maximum absolute atomic E-state index is 12.3. The molecule has 0 bridgehead atoms. The number of hydrogen-bond donors (Lipinski definition) is 0. The summed E-state index contributed by atoms with van der Waals surface area (Å²) in [6, 6.07) is -0.220. The molecule has 3 nitrogen and oxygen atoms in total. The average Bonchev–Trinajstić information content (AvgIpc) is 1.76. The average molecular weight is 218 g/mol. The Bertz CT molecular complexity index is 221. The fourth-order valence-electron chi connectivity index (χ4n) is 0.593. The van der Waals surface area contributed by atoms with Crippen molar-refractivity contribution in [1.82, 2.24) is 0 Å². The Hall–Kier alpha value is -0.0131. The Morgan fingerprint density at radius 2 is 1.92 bits per heavy atom. The highest BCUT2D eigenvalue weighted by Gasteiger charge is 2.26. The van der Waals surface area contributed by atoms with Crippen molar-refractivity contribution in [3.05, 3.63) is 0 Å². The molecule has 0 atom stereocenters. The van der Waals surface area contributed by atoms with Crippen LogP contribution < -0.4 is 0 Å². The van der Waals surface area contributed by atoms with Gasteiger partial charge in [0.1, 0.15) is 0 Å². The van der Waals surface area contributed by atoms with Gasteiger partial charge >= 0.3 is 8.74 Å². The molecule has 0 radical (unpaired) electrons. The monoisotopic (exact) mass is 218 g/mol. The van der Waals surface area contributed by atoms with Gasteiger partial charge in [0.2, 0.25) is 0 Å². The Kier molecular flexibility index (Phi) is 4.28. The number of halogens is 2. The molecule has 0 aliphatic rings. The van der Waals surface area contributed by atoms with E-state index in [1.165, 1.54) is 0 Å². The Balaban J connectivity index is 3.48. The van der Waals surface area contributed by atoms with Crippen LogP contribution in [0.3, 0.4) is 0 Å². The summed E-state index contributed by atoms with van der Waals surface area (Å²) in [7, 11) is -7.50. The Morgan fingerprint density at radius 3 is 2.25 bits per heavy atom. The molecule has 12 heavy (non-hydrogen) atoms. The minimum Gasteiger partial charge on any atom is -0.271 e. The lowest BCUT2D eigenvalue weighted by molar-refractivity contribution is 0.318. The van der Waals surface area contributed by atoms with Gasteiger partial charge in [-0.25, -0.2) is 0 Å². The maximum Gasteiger partial charge on any atom is 0.422 e. The summed E-state index contributed by atoms with van der Waals surface area (Å²) in [5.41, 5.74) is 0. The molecular formula is C5H12F2O3SSi. The summed E-state index contributed by atoms with van der Waals surface area (Å²) in [6.07, 6.45) is 0.997. The van der Waals surface area contributed by atoms with E-state index in [1.54, 1.807) is 0 Å². The van der Waals surface area contributed by atoms with Gasteiger partial charge in [0.15, 0.2) is 0 Å². The van der Waals surface area contributed by atoms with Crippen LogP contribution in [0.5, 0.6) is 0 Å². The van der Waals surface area contributed by atoms with E-state index in [-0.39, 0.29) is 19.1 Å². The maximum atomic E-state index is 12.3. The highest BCUT2D eigenvalue weighted by molar-refractivity contribution is 7.85. The van der Waals surface area contributed by atoms with Crippen LogP contribution in [-0.2, 0) is 14.3 Å². The topological polar surface area (TPSA) is 43.4 Å². The van der Waals surface area contributed by atoms with Gasteiger partial charge in [-0.2, -0.15) is 8.42 Å². The van der Waals surface area contributed by atoms with E-state index in [0.717, 1.165) is 12.8 Å². The lowest BCUT2D eigenvalue weighted by Gasteiger charge is -2.05. The normalized spacial score (nSPS) is 13.3. The third-order valence-corrected chi connectivity index (χ3v) is 2.88. The summed E-state index contributed by atoms with van der Waals surface area (Å²) in [5, 5.41) is 0. The minimum absolute atomic E-state index is 0.1000. The second-order valence-corrected chi connectivity index (χ2v) is 6.98. The van der Waals surface area contributed by atoms with Crippen LogP contribution in [0, 0.1) is 0 Å². The third kappa shape index (κ3) is 9.99. The molecule has 0 rings (SSSR count). The van der Waals surface area contributed by atoms with Crippen LogP contribution in [0.4, 0.5) is 8.22 Å². The number of rotatable bonds is 5. The van der Waals surface area contributed by atoms with Gasteiger partial charge in [0.05, 0.1) is 12.9 Å². The summed E-state index contributed by atoms with van der Waals surface area (Å²) in [4.78, 5) is 0. The van der Waals surface area contributed by atoms with Gasteiger partial charge in [0.25, 0.3) is 10.1 Å². The van der Waals surface area contributed by atoms with Crippen molar-refractivity contribution in [1.29, 1.82) is 0 Å². The zero-order valence-electron chi connectivity index (χ0n) is 7.01. The SMILES string of the molecule is C[Si](F)(F)CCCOS(C)(=O)=O. The molecule has 0 unspecified atom stereocenters. The van der Waals surface area contributed by atoms with Gasteiger partial charge in [0, 0.05) is 6.04 Å². The predicted molar refractivity (Wildman–Crippen MR) is 44.1 cm³/mol. The van der Waals surface area contributed by atoms with Crippen molar-refractivity contribution in [2.75, 3.05) is 12.9 Å². The first-order chi connectivity index (χ1) is 5.21. The summed E-state index contributed by atoms with van der Waals surface area (Å²) in [5.74, 6) is 0. The molecule has 74 valence electrons. The highest BCUT2D eigenvalue weighted by atomic mass is 32.2. The molecular weight excluding hydrogens is 206 g/mol. The van der Waals surface area contributed by atoms with Crippen molar-refractivity contribution in [3.63, 3.8) is 0 Å². The van der Waals surface area contributed by atoms with Crippen LogP contribution >= 0.6 is 0 Å². The van der Waals surface area contributed by atoms with E-state index < -0.39 is 18.9 Å². The van der Waals surface area contributed by atoms with E-state index in [9.17, 15) is 16.6 Å². The molecule has 0 saturated carbocycles. The van der Waals surface area contributed by atoms with Crippen LogP contribution in [-0.4, -0.2) is 30.0 Å². The largest absolute Gasteiger partial charge is 0.422 e. The summed E-state index contributed by atoms with van der Waals surface area (Å²) >= 11 is 0.